The van der Waals surface area contributed by atoms with Gasteiger partial charge >= 0.3 is 0 Å². The van der Waals surface area contributed by atoms with Crippen molar-refractivity contribution in [2.24, 2.45) is 0 Å². The van der Waals surface area contributed by atoms with Crippen LogP contribution in [-0.4, -0.2) is 26.7 Å². The van der Waals surface area contributed by atoms with Crippen molar-refractivity contribution in [3.8, 4) is 5.75 Å². The van der Waals surface area contributed by atoms with Gasteiger partial charge in [-0.05, 0) is 40.5 Å². The molecule has 0 aliphatic carbocycles. The second-order valence-electron chi connectivity index (χ2n) is 7.59. The zero-order valence-electron chi connectivity index (χ0n) is 19.8. The van der Waals surface area contributed by atoms with Gasteiger partial charge in [0.25, 0.3) is 11.8 Å². The van der Waals surface area contributed by atoms with Gasteiger partial charge in [0, 0.05) is 31.7 Å². The van der Waals surface area contributed by atoms with E-state index in [0.717, 1.165) is 22.3 Å². The first-order chi connectivity index (χ1) is 16.1. The molecule has 5 rings (SSSR count). The second kappa shape index (κ2) is 10.8. The molecule has 0 bridgehead atoms. The van der Waals surface area contributed by atoms with Crippen molar-refractivity contribution < 1.29 is 14.7 Å². The summed E-state index contributed by atoms with van der Waals surface area (Å²) in [5.41, 5.74) is 5.09. The van der Waals surface area contributed by atoms with Crippen molar-refractivity contribution in [1.29, 1.82) is 0 Å². The minimum Gasteiger partial charge on any atom is -0.507 e. The predicted octanol–water partition coefficient (Wildman–Crippen LogP) is 5.76. The average Bonchev–Trinajstić information content (AvgIpc) is 3.50. The van der Waals surface area contributed by atoms with Crippen molar-refractivity contribution in [2.75, 3.05) is 0 Å². The van der Waals surface area contributed by atoms with E-state index in [4.69, 9.17) is 0 Å². The first kappa shape index (κ1) is 24.1. The van der Waals surface area contributed by atoms with Crippen LogP contribution in [0.3, 0.4) is 0 Å². The first-order valence-corrected chi connectivity index (χ1v) is 11.7. The molecule has 33 heavy (non-hydrogen) atoms. The third-order valence-electron chi connectivity index (χ3n) is 5.73. The quantitative estimate of drug-likeness (QED) is 0.547. The van der Waals surface area contributed by atoms with Crippen LogP contribution in [0.4, 0.5) is 0 Å². The lowest BCUT2D eigenvalue weighted by atomic mass is 10.1. The van der Waals surface area contributed by atoms with E-state index in [0.29, 0.717) is 31.7 Å². The molecule has 0 aromatic heterocycles. The highest BCUT2D eigenvalue weighted by atomic mass is 16.3. The van der Waals surface area contributed by atoms with Gasteiger partial charge in [0.2, 0.25) is 0 Å². The summed E-state index contributed by atoms with van der Waals surface area (Å²) < 4.78 is 0. The Labute approximate surface area is 196 Å². The fourth-order valence-corrected chi connectivity index (χ4v) is 4.15. The summed E-state index contributed by atoms with van der Waals surface area (Å²) in [5.74, 6) is -0.509. The molecule has 2 heterocycles. The summed E-state index contributed by atoms with van der Waals surface area (Å²) in [4.78, 5) is 29.5. The summed E-state index contributed by atoms with van der Waals surface area (Å²) in [6, 6.07) is 20.5. The lowest BCUT2D eigenvalue weighted by Gasteiger charge is -2.19. The Hall–Kier alpha value is -3.60. The number of nitrogens with zero attached hydrogens (tertiary/aromatic N) is 2. The van der Waals surface area contributed by atoms with Crippen molar-refractivity contribution in [1.82, 2.24) is 9.80 Å². The summed E-state index contributed by atoms with van der Waals surface area (Å²) >= 11 is 0. The van der Waals surface area contributed by atoms with Gasteiger partial charge in [0.05, 0.1) is 5.56 Å². The van der Waals surface area contributed by atoms with E-state index >= 15 is 0 Å². The highest BCUT2D eigenvalue weighted by Gasteiger charge is 2.28. The van der Waals surface area contributed by atoms with E-state index in [-0.39, 0.29) is 23.1 Å². The maximum Gasteiger partial charge on any atom is 0.258 e. The molecule has 2 aliphatic rings. The van der Waals surface area contributed by atoms with E-state index in [1.807, 2.05) is 76.2 Å². The van der Waals surface area contributed by atoms with Crippen molar-refractivity contribution in [2.45, 2.75) is 53.9 Å². The van der Waals surface area contributed by atoms with Crippen LogP contribution in [0.2, 0.25) is 0 Å². The zero-order valence-corrected chi connectivity index (χ0v) is 19.8. The summed E-state index contributed by atoms with van der Waals surface area (Å²) in [6.07, 6.45) is 0. The number of phenolic OH excluding ortho intramolecular Hbond substituents is 1. The molecule has 0 atom stereocenters. The Bertz CT molecular complexity index is 1090. The monoisotopic (exact) mass is 444 g/mol. The number of benzene rings is 3. The number of hydrogen-bond donors (Lipinski definition) is 1. The van der Waals surface area contributed by atoms with E-state index < -0.39 is 0 Å². The molecule has 0 radical (unpaired) electrons. The predicted molar refractivity (Wildman–Crippen MR) is 131 cm³/mol. The van der Waals surface area contributed by atoms with Crippen LogP contribution in [0.5, 0.6) is 5.75 Å². The van der Waals surface area contributed by atoms with Crippen LogP contribution in [-0.2, 0) is 26.2 Å². The highest BCUT2D eigenvalue weighted by Crippen LogP contribution is 2.29. The van der Waals surface area contributed by atoms with Crippen molar-refractivity contribution in [3.63, 3.8) is 0 Å². The van der Waals surface area contributed by atoms with Crippen LogP contribution in [0.1, 0.15) is 70.7 Å². The molecule has 0 saturated carbocycles. The van der Waals surface area contributed by atoms with Gasteiger partial charge in [0.15, 0.2) is 0 Å². The van der Waals surface area contributed by atoms with Crippen LogP contribution in [0.25, 0.3) is 0 Å². The standard InChI is InChI=1S/C24H20N2O3.2C2H6/c27-22-10-9-16(23(28)25-12-17-5-1-2-6-18(17)13-25)11-21(22)24(29)26-14-19-7-3-4-8-20(19)15-26;2*1-2/h1-11,27H,12-15H2;2*1-2H3. The molecule has 0 saturated heterocycles. The highest BCUT2D eigenvalue weighted by molar-refractivity contribution is 6.01. The summed E-state index contributed by atoms with van der Waals surface area (Å²) in [5, 5.41) is 10.3. The molecule has 3 aromatic rings. The van der Waals surface area contributed by atoms with Gasteiger partial charge in [-0.3, -0.25) is 9.59 Å². The number of carbonyl (C=O) groups excluding carboxylic acids is 2. The largest absolute Gasteiger partial charge is 0.507 e. The molecule has 0 fully saturated rings. The maximum absolute atomic E-state index is 13.1. The third-order valence-corrected chi connectivity index (χ3v) is 5.73. The first-order valence-electron chi connectivity index (χ1n) is 11.7. The zero-order chi connectivity index (χ0) is 24.0. The SMILES string of the molecule is CC.CC.O=C(c1ccc(O)c(C(=O)N2Cc3ccccc3C2)c1)N1Cc2ccccc2C1. The van der Waals surface area contributed by atoms with E-state index in [1.165, 1.54) is 12.1 Å². The number of amides is 2. The average molecular weight is 445 g/mol. The topological polar surface area (TPSA) is 60.9 Å². The summed E-state index contributed by atoms with van der Waals surface area (Å²) in [7, 11) is 0. The van der Waals surface area contributed by atoms with E-state index in [1.54, 1.807) is 15.9 Å². The fraction of sp³-hybridized carbons (Fsp3) is 0.286. The summed E-state index contributed by atoms with van der Waals surface area (Å²) in [6.45, 7) is 10.1. The molecule has 1 N–H and O–H groups in total. The third kappa shape index (κ3) is 4.92. The van der Waals surface area contributed by atoms with Crippen LogP contribution in [0.15, 0.2) is 66.7 Å². The molecule has 0 unspecified atom stereocenters. The molecule has 3 aromatic carbocycles. The Morgan fingerprint density at radius 3 is 1.45 bits per heavy atom. The Morgan fingerprint density at radius 1 is 0.636 bits per heavy atom. The van der Waals surface area contributed by atoms with Gasteiger partial charge in [-0.2, -0.15) is 0 Å². The molecule has 5 heteroatoms. The number of aromatic hydroxyl groups is 1. The molecule has 2 aliphatic heterocycles. The van der Waals surface area contributed by atoms with Gasteiger partial charge in [0.1, 0.15) is 5.75 Å². The lowest BCUT2D eigenvalue weighted by molar-refractivity contribution is 0.0747. The molecular weight excluding hydrogens is 412 g/mol. The Kier molecular flexibility index (Phi) is 7.88. The molecule has 0 spiro atoms. The smallest absolute Gasteiger partial charge is 0.258 e. The van der Waals surface area contributed by atoms with Gasteiger partial charge in [-0.15, -0.1) is 0 Å². The van der Waals surface area contributed by atoms with Crippen LogP contribution in [0, 0.1) is 0 Å². The molecule has 172 valence electrons. The number of phenols is 1. The van der Waals surface area contributed by atoms with Crippen LogP contribution >= 0.6 is 0 Å². The fourth-order valence-electron chi connectivity index (χ4n) is 4.15. The molecular formula is C28H32N2O3. The molecule has 5 nitrogen and oxygen atoms in total. The minimum absolute atomic E-state index is 0.104. The number of fused-ring (bicyclic) bond motifs is 2. The van der Waals surface area contributed by atoms with Gasteiger partial charge in [-0.25, -0.2) is 0 Å². The van der Waals surface area contributed by atoms with Crippen LogP contribution < -0.4 is 0 Å². The maximum atomic E-state index is 13.1. The number of rotatable bonds is 2. The Balaban J connectivity index is 0.000000728. The number of carbonyl (C=O) groups is 2. The lowest BCUT2D eigenvalue weighted by Crippen LogP contribution is -2.27. The van der Waals surface area contributed by atoms with Gasteiger partial charge < -0.3 is 14.9 Å². The van der Waals surface area contributed by atoms with E-state index in [9.17, 15) is 14.7 Å². The van der Waals surface area contributed by atoms with Crippen molar-refractivity contribution in [3.05, 3.63) is 100 Å². The van der Waals surface area contributed by atoms with E-state index in [2.05, 4.69) is 0 Å². The normalized spacial score (nSPS) is 13.2. The molecule has 2 amide bonds. The van der Waals surface area contributed by atoms with Gasteiger partial charge in [-0.1, -0.05) is 76.2 Å². The number of hydrogen-bond acceptors (Lipinski definition) is 3. The Morgan fingerprint density at radius 2 is 1.03 bits per heavy atom. The van der Waals surface area contributed by atoms with Crippen molar-refractivity contribution >= 4 is 11.8 Å². The minimum atomic E-state index is -0.266. The second-order valence-corrected chi connectivity index (χ2v) is 7.59.